The van der Waals surface area contributed by atoms with Gasteiger partial charge < -0.3 is 15.5 Å². The molecule has 2 amide bonds. The molecule has 2 heterocycles. The minimum atomic E-state index is -0.161. The molecule has 0 radical (unpaired) electrons. The highest BCUT2D eigenvalue weighted by atomic mass is 16.2. The average molecular weight is 305 g/mol. The van der Waals surface area contributed by atoms with Crippen LogP contribution in [0.25, 0.3) is 0 Å². The van der Waals surface area contributed by atoms with Crippen LogP contribution in [0.1, 0.15) is 13.8 Å². The molecule has 6 nitrogen and oxygen atoms in total. The number of hydrogen-bond acceptors (Lipinski definition) is 4. The van der Waals surface area contributed by atoms with Crippen LogP contribution in [0.4, 0.5) is 10.5 Å². The first-order valence-electron chi connectivity index (χ1n) is 7.93. The monoisotopic (exact) mass is 305 g/mol. The molecule has 2 rings (SSSR count). The molecule has 1 aliphatic rings. The Balaban J connectivity index is 1.82. The van der Waals surface area contributed by atoms with E-state index in [9.17, 15) is 4.79 Å². The van der Waals surface area contributed by atoms with E-state index in [1.54, 1.807) is 24.5 Å². The van der Waals surface area contributed by atoms with E-state index < -0.39 is 0 Å². The molecule has 6 heteroatoms. The predicted octanol–water partition coefficient (Wildman–Crippen LogP) is 1.48. The molecule has 0 bridgehead atoms. The van der Waals surface area contributed by atoms with Crippen molar-refractivity contribution >= 4 is 11.7 Å². The maximum absolute atomic E-state index is 12.0. The van der Waals surface area contributed by atoms with E-state index in [-0.39, 0.29) is 6.03 Å². The van der Waals surface area contributed by atoms with Gasteiger partial charge in [0.05, 0.1) is 0 Å². The molecule has 1 atom stereocenters. The van der Waals surface area contributed by atoms with E-state index in [1.165, 1.54) is 0 Å². The van der Waals surface area contributed by atoms with Crippen molar-refractivity contribution in [3.8, 4) is 0 Å². The fourth-order valence-electron chi connectivity index (χ4n) is 2.75. The van der Waals surface area contributed by atoms with Crippen molar-refractivity contribution in [3.63, 3.8) is 0 Å². The second-order valence-electron chi connectivity index (χ2n) is 6.22. The van der Waals surface area contributed by atoms with E-state index in [0.717, 1.165) is 31.9 Å². The van der Waals surface area contributed by atoms with E-state index in [1.807, 2.05) is 0 Å². The molecule has 0 aromatic carbocycles. The maximum atomic E-state index is 12.0. The summed E-state index contributed by atoms with van der Waals surface area (Å²) >= 11 is 0. The third-order valence-corrected chi connectivity index (χ3v) is 4.19. The van der Waals surface area contributed by atoms with Gasteiger partial charge in [0.1, 0.15) is 0 Å². The number of rotatable bonds is 5. The van der Waals surface area contributed by atoms with Gasteiger partial charge in [-0.1, -0.05) is 13.8 Å². The largest absolute Gasteiger partial charge is 0.336 e. The lowest BCUT2D eigenvalue weighted by molar-refractivity contribution is 0.0890. The Morgan fingerprint density at radius 3 is 2.45 bits per heavy atom. The number of carbonyl (C=O) groups excluding carboxylic acids is 1. The smallest absolute Gasteiger partial charge is 0.319 e. The van der Waals surface area contributed by atoms with Crippen molar-refractivity contribution in [2.45, 2.75) is 19.9 Å². The van der Waals surface area contributed by atoms with Crippen LogP contribution < -0.4 is 10.6 Å². The first-order valence-corrected chi connectivity index (χ1v) is 7.93. The topological polar surface area (TPSA) is 60.5 Å². The SMILES string of the molecule is CC(C)C(CNC(=O)Nc1ccncc1)N1CCN(C)CC1. The van der Waals surface area contributed by atoms with Crippen molar-refractivity contribution in [2.24, 2.45) is 5.92 Å². The molecule has 122 valence electrons. The maximum Gasteiger partial charge on any atom is 0.319 e. The number of amides is 2. The fourth-order valence-corrected chi connectivity index (χ4v) is 2.75. The minimum Gasteiger partial charge on any atom is -0.336 e. The molecule has 1 saturated heterocycles. The predicted molar refractivity (Wildman–Crippen MR) is 89.0 cm³/mol. The Kier molecular flexibility index (Phi) is 6.15. The molecular formula is C16H27N5O. The van der Waals surface area contributed by atoms with Crippen LogP contribution in [-0.2, 0) is 0 Å². The zero-order valence-corrected chi connectivity index (χ0v) is 13.7. The molecule has 22 heavy (non-hydrogen) atoms. The van der Waals surface area contributed by atoms with Gasteiger partial charge in [-0.25, -0.2) is 4.79 Å². The number of carbonyl (C=O) groups is 1. The van der Waals surface area contributed by atoms with Crippen LogP contribution in [0, 0.1) is 5.92 Å². The highest BCUT2D eigenvalue weighted by molar-refractivity contribution is 5.89. The summed E-state index contributed by atoms with van der Waals surface area (Å²) in [6.45, 7) is 9.40. The number of hydrogen-bond donors (Lipinski definition) is 2. The van der Waals surface area contributed by atoms with Crippen molar-refractivity contribution in [2.75, 3.05) is 45.1 Å². The molecule has 1 aromatic rings. The number of urea groups is 1. The van der Waals surface area contributed by atoms with Gasteiger partial charge in [0, 0.05) is 56.8 Å². The van der Waals surface area contributed by atoms with Crippen LogP contribution >= 0.6 is 0 Å². The quantitative estimate of drug-likeness (QED) is 0.865. The lowest BCUT2D eigenvalue weighted by Crippen LogP contribution is -2.54. The number of nitrogens with zero attached hydrogens (tertiary/aromatic N) is 3. The molecule has 0 saturated carbocycles. The third kappa shape index (κ3) is 4.96. The van der Waals surface area contributed by atoms with Gasteiger partial charge in [-0.3, -0.25) is 9.88 Å². The Morgan fingerprint density at radius 1 is 1.23 bits per heavy atom. The molecule has 1 aromatic heterocycles. The molecule has 0 aliphatic carbocycles. The van der Waals surface area contributed by atoms with Crippen LogP contribution in [0.2, 0.25) is 0 Å². The Bertz CT molecular complexity index is 457. The van der Waals surface area contributed by atoms with E-state index in [4.69, 9.17) is 0 Å². The molecule has 1 unspecified atom stereocenters. The first-order chi connectivity index (χ1) is 10.6. The minimum absolute atomic E-state index is 0.161. The second-order valence-corrected chi connectivity index (χ2v) is 6.22. The number of aromatic nitrogens is 1. The number of piperazine rings is 1. The summed E-state index contributed by atoms with van der Waals surface area (Å²) in [5, 5.41) is 5.82. The summed E-state index contributed by atoms with van der Waals surface area (Å²) in [5.74, 6) is 0.504. The molecule has 0 spiro atoms. The Hall–Kier alpha value is -1.66. The van der Waals surface area contributed by atoms with Gasteiger partial charge in [-0.2, -0.15) is 0 Å². The molecular weight excluding hydrogens is 278 g/mol. The Morgan fingerprint density at radius 2 is 1.86 bits per heavy atom. The highest BCUT2D eigenvalue weighted by Crippen LogP contribution is 2.13. The molecule has 1 aliphatic heterocycles. The first kappa shape index (κ1) is 16.7. The average Bonchev–Trinajstić information content (AvgIpc) is 2.50. The van der Waals surface area contributed by atoms with Crippen molar-refractivity contribution in [1.82, 2.24) is 20.1 Å². The van der Waals surface area contributed by atoms with Crippen molar-refractivity contribution < 1.29 is 4.79 Å². The van der Waals surface area contributed by atoms with Crippen molar-refractivity contribution in [3.05, 3.63) is 24.5 Å². The van der Waals surface area contributed by atoms with Gasteiger partial charge in [0.25, 0.3) is 0 Å². The number of likely N-dealkylation sites (N-methyl/N-ethyl adjacent to an activating group) is 1. The van der Waals surface area contributed by atoms with Crippen LogP contribution in [0.3, 0.4) is 0 Å². The van der Waals surface area contributed by atoms with Crippen LogP contribution in [0.5, 0.6) is 0 Å². The fraction of sp³-hybridized carbons (Fsp3) is 0.625. The second kappa shape index (κ2) is 8.10. The van der Waals surface area contributed by atoms with Crippen LogP contribution in [0.15, 0.2) is 24.5 Å². The van der Waals surface area contributed by atoms with E-state index in [2.05, 4.69) is 46.3 Å². The highest BCUT2D eigenvalue weighted by Gasteiger charge is 2.25. The molecule has 2 N–H and O–H groups in total. The summed E-state index contributed by atoms with van der Waals surface area (Å²) in [6.07, 6.45) is 3.33. The van der Waals surface area contributed by atoms with E-state index >= 15 is 0 Å². The van der Waals surface area contributed by atoms with Crippen molar-refractivity contribution in [1.29, 1.82) is 0 Å². The zero-order chi connectivity index (χ0) is 15.9. The summed E-state index contributed by atoms with van der Waals surface area (Å²) in [4.78, 5) is 20.8. The third-order valence-electron chi connectivity index (χ3n) is 4.19. The Labute approximate surface area is 132 Å². The van der Waals surface area contributed by atoms with Gasteiger partial charge in [0.15, 0.2) is 0 Å². The number of nitrogens with one attached hydrogen (secondary N) is 2. The molecule has 1 fully saturated rings. The normalized spacial score (nSPS) is 18.2. The van der Waals surface area contributed by atoms with Gasteiger partial charge in [0.2, 0.25) is 0 Å². The van der Waals surface area contributed by atoms with Gasteiger partial charge in [-0.15, -0.1) is 0 Å². The van der Waals surface area contributed by atoms with Gasteiger partial charge >= 0.3 is 6.03 Å². The lowest BCUT2D eigenvalue weighted by atomic mass is 10.0. The summed E-state index contributed by atoms with van der Waals surface area (Å²) in [7, 11) is 2.15. The summed E-state index contributed by atoms with van der Waals surface area (Å²) in [5.41, 5.74) is 0.758. The zero-order valence-electron chi connectivity index (χ0n) is 13.7. The number of pyridine rings is 1. The van der Waals surface area contributed by atoms with Crippen LogP contribution in [-0.4, -0.2) is 66.6 Å². The van der Waals surface area contributed by atoms with E-state index in [0.29, 0.717) is 18.5 Å². The lowest BCUT2D eigenvalue weighted by Gasteiger charge is -2.39. The van der Waals surface area contributed by atoms with Gasteiger partial charge in [-0.05, 0) is 25.1 Å². The summed E-state index contributed by atoms with van der Waals surface area (Å²) in [6, 6.07) is 3.77. The number of anilines is 1. The summed E-state index contributed by atoms with van der Waals surface area (Å²) < 4.78 is 0. The standard InChI is InChI=1S/C16H27N5O/c1-13(2)15(21-10-8-20(3)9-11-21)12-18-16(22)19-14-4-6-17-7-5-14/h4-7,13,15H,8-12H2,1-3H3,(H2,17,18,19,22).